The van der Waals surface area contributed by atoms with Gasteiger partial charge in [0.1, 0.15) is 11.9 Å². The second-order valence-electron chi connectivity index (χ2n) is 10.1. The number of hydrogen-bond donors (Lipinski definition) is 1. The molecule has 1 N–H and O–H groups in total. The molecule has 5 nitrogen and oxygen atoms in total. The summed E-state index contributed by atoms with van der Waals surface area (Å²) in [6.07, 6.45) is 6.08. The monoisotopic (exact) mass is 437 g/mol. The Hall–Kier alpha value is -2.56. The highest BCUT2D eigenvalue weighted by Crippen LogP contribution is 2.48. The zero-order chi connectivity index (χ0) is 22.9. The first-order valence-electron chi connectivity index (χ1n) is 12.0. The predicted molar refractivity (Wildman–Crippen MR) is 124 cm³/mol. The van der Waals surface area contributed by atoms with Crippen LogP contribution in [-0.4, -0.2) is 24.5 Å². The Balaban J connectivity index is 1.81. The van der Waals surface area contributed by atoms with Crippen LogP contribution in [0.5, 0.6) is 5.75 Å². The van der Waals surface area contributed by atoms with Crippen molar-refractivity contribution in [2.24, 2.45) is 5.41 Å². The Morgan fingerprint density at radius 1 is 1.16 bits per heavy atom. The van der Waals surface area contributed by atoms with Crippen LogP contribution in [0.3, 0.4) is 0 Å². The third kappa shape index (κ3) is 4.48. The molecule has 0 unspecified atom stereocenters. The van der Waals surface area contributed by atoms with Crippen LogP contribution in [-0.2, 0) is 14.3 Å². The molecule has 1 aromatic rings. The van der Waals surface area contributed by atoms with Gasteiger partial charge in [-0.3, -0.25) is 4.79 Å². The first kappa shape index (κ1) is 22.6. The number of Topliss-reactive ketones (excluding diaryl/α,β-unsaturated/α-hetero) is 1. The van der Waals surface area contributed by atoms with Crippen LogP contribution < -0.4 is 10.1 Å². The topological polar surface area (TPSA) is 64.6 Å². The summed E-state index contributed by atoms with van der Waals surface area (Å²) in [6, 6.07) is 7.79. The van der Waals surface area contributed by atoms with Gasteiger partial charge in [0.2, 0.25) is 0 Å². The molecule has 1 atom stereocenters. The minimum Gasteiger partial charge on any atom is -0.493 e. The first-order valence-corrected chi connectivity index (χ1v) is 12.0. The summed E-state index contributed by atoms with van der Waals surface area (Å²) in [6.45, 7) is 8.80. The Kier molecular flexibility index (Phi) is 6.45. The molecule has 0 bridgehead atoms. The Morgan fingerprint density at radius 2 is 1.88 bits per heavy atom. The van der Waals surface area contributed by atoms with Gasteiger partial charge in [-0.15, -0.1) is 0 Å². The van der Waals surface area contributed by atoms with Crippen LogP contribution in [0, 0.1) is 5.41 Å². The predicted octanol–water partition coefficient (Wildman–Crippen LogP) is 5.57. The van der Waals surface area contributed by atoms with E-state index in [1.807, 2.05) is 31.2 Å². The summed E-state index contributed by atoms with van der Waals surface area (Å²) in [5.41, 5.74) is 3.68. The van der Waals surface area contributed by atoms with Gasteiger partial charge in [0.25, 0.3) is 0 Å². The average Bonchev–Trinajstić information content (AvgIpc) is 3.23. The van der Waals surface area contributed by atoms with E-state index in [9.17, 15) is 9.59 Å². The second-order valence-corrected chi connectivity index (χ2v) is 10.1. The van der Waals surface area contributed by atoms with Crippen LogP contribution in [0.2, 0.25) is 0 Å². The summed E-state index contributed by atoms with van der Waals surface area (Å²) in [7, 11) is 0. The molecular weight excluding hydrogens is 402 g/mol. The maximum Gasteiger partial charge on any atom is 0.337 e. The summed E-state index contributed by atoms with van der Waals surface area (Å²) in [5.74, 6) is 0.0283. The van der Waals surface area contributed by atoms with E-state index in [1.165, 1.54) is 0 Å². The molecule has 1 aliphatic heterocycles. The molecule has 0 saturated heterocycles. The van der Waals surface area contributed by atoms with Gasteiger partial charge in [-0.2, -0.15) is 0 Å². The summed E-state index contributed by atoms with van der Waals surface area (Å²) in [5, 5.41) is 3.42. The number of allylic oxidation sites excluding steroid dienone is 3. The van der Waals surface area contributed by atoms with Crippen molar-refractivity contribution in [3.63, 3.8) is 0 Å². The van der Waals surface area contributed by atoms with Crippen molar-refractivity contribution in [1.82, 2.24) is 5.32 Å². The van der Waals surface area contributed by atoms with Gasteiger partial charge in [-0.25, -0.2) is 4.79 Å². The van der Waals surface area contributed by atoms with Crippen LogP contribution in [0.4, 0.5) is 0 Å². The zero-order valence-corrected chi connectivity index (χ0v) is 19.8. The Morgan fingerprint density at radius 3 is 2.59 bits per heavy atom. The molecule has 1 saturated carbocycles. The second kappa shape index (κ2) is 9.13. The first-order chi connectivity index (χ1) is 15.3. The number of para-hydroxylation sites is 1. The van der Waals surface area contributed by atoms with Gasteiger partial charge in [-0.1, -0.05) is 39.0 Å². The molecule has 1 heterocycles. The molecule has 32 heavy (non-hydrogen) atoms. The normalized spacial score (nSPS) is 23.1. The van der Waals surface area contributed by atoms with E-state index in [-0.39, 0.29) is 23.3 Å². The van der Waals surface area contributed by atoms with Gasteiger partial charge in [0, 0.05) is 29.0 Å². The lowest BCUT2D eigenvalue weighted by Gasteiger charge is -2.39. The number of hydrogen-bond acceptors (Lipinski definition) is 5. The maximum absolute atomic E-state index is 13.5. The number of benzene rings is 1. The van der Waals surface area contributed by atoms with Crippen LogP contribution >= 0.6 is 0 Å². The molecule has 0 amide bonds. The van der Waals surface area contributed by atoms with Gasteiger partial charge in [-0.05, 0) is 56.9 Å². The number of dihydropyridines is 1. The summed E-state index contributed by atoms with van der Waals surface area (Å²) >= 11 is 0. The van der Waals surface area contributed by atoms with Crippen molar-refractivity contribution < 1.29 is 19.1 Å². The standard InChI is InChI=1S/C27H35NO4/c1-5-14-31-22-13-9-8-12-19(22)24-23(26(30)32-18-10-6-7-11-18)17(2)28-20-15-27(3,4)16-21(29)25(20)24/h8-9,12-13,18,24,28H,5-7,10-11,14-16H2,1-4H3/t24-/m1/s1. The molecule has 3 aliphatic rings. The van der Waals surface area contributed by atoms with Crippen molar-refractivity contribution in [2.75, 3.05) is 6.61 Å². The molecule has 5 heteroatoms. The number of esters is 1. The molecule has 0 radical (unpaired) electrons. The number of carbonyl (C=O) groups excluding carboxylic acids is 2. The van der Waals surface area contributed by atoms with E-state index >= 15 is 0 Å². The van der Waals surface area contributed by atoms with E-state index in [1.54, 1.807) is 0 Å². The lowest BCUT2D eigenvalue weighted by Crippen LogP contribution is -2.39. The Bertz CT molecular complexity index is 966. The highest BCUT2D eigenvalue weighted by atomic mass is 16.5. The van der Waals surface area contributed by atoms with Gasteiger partial charge in [0.15, 0.2) is 5.78 Å². The maximum atomic E-state index is 13.5. The third-order valence-electron chi connectivity index (χ3n) is 6.73. The van der Waals surface area contributed by atoms with Crippen molar-refractivity contribution in [2.45, 2.75) is 84.7 Å². The lowest BCUT2D eigenvalue weighted by atomic mass is 9.68. The van der Waals surface area contributed by atoms with Gasteiger partial charge in [0.05, 0.1) is 18.1 Å². The fourth-order valence-electron chi connectivity index (χ4n) is 5.30. The number of ether oxygens (including phenoxy) is 2. The van der Waals surface area contributed by atoms with E-state index < -0.39 is 5.92 Å². The average molecular weight is 438 g/mol. The highest BCUT2D eigenvalue weighted by Gasteiger charge is 2.44. The van der Waals surface area contributed by atoms with E-state index in [0.29, 0.717) is 24.2 Å². The molecule has 0 aromatic heterocycles. The summed E-state index contributed by atoms with van der Waals surface area (Å²) in [4.78, 5) is 26.9. The number of nitrogens with one attached hydrogen (secondary N) is 1. The highest BCUT2D eigenvalue weighted by molar-refractivity contribution is 6.04. The quantitative estimate of drug-likeness (QED) is 0.590. The largest absolute Gasteiger partial charge is 0.493 e. The molecule has 1 aromatic carbocycles. The molecule has 172 valence electrons. The van der Waals surface area contributed by atoms with E-state index in [2.05, 4.69) is 26.1 Å². The molecule has 1 fully saturated rings. The fourth-order valence-corrected chi connectivity index (χ4v) is 5.30. The molecular formula is C27H35NO4. The van der Waals surface area contributed by atoms with Crippen LogP contribution in [0.25, 0.3) is 0 Å². The number of ketones is 1. The van der Waals surface area contributed by atoms with E-state index in [4.69, 9.17) is 9.47 Å². The van der Waals surface area contributed by atoms with Gasteiger partial charge >= 0.3 is 5.97 Å². The van der Waals surface area contributed by atoms with Crippen LogP contribution in [0.15, 0.2) is 46.8 Å². The number of carbonyl (C=O) groups is 2. The lowest BCUT2D eigenvalue weighted by molar-refractivity contribution is -0.144. The minimum absolute atomic E-state index is 0.0357. The van der Waals surface area contributed by atoms with Crippen LogP contribution in [0.1, 0.15) is 84.1 Å². The van der Waals surface area contributed by atoms with Crippen molar-refractivity contribution in [1.29, 1.82) is 0 Å². The van der Waals surface area contributed by atoms with Gasteiger partial charge < -0.3 is 14.8 Å². The van der Waals surface area contributed by atoms with Crippen molar-refractivity contribution in [3.8, 4) is 5.75 Å². The molecule has 2 aliphatic carbocycles. The molecule has 0 spiro atoms. The SMILES string of the molecule is CCCOc1ccccc1[C@@H]1C(C(=O)OC2CCCC2)=C(C)NC2=C1C(=O)CC(C)(C)C2. The van der Waals surface area contributed by atoms with Crippen molar-refractivity contribution in [3.05, 3.63) is 52.4 Å². The zero-order valence-electron chi connectivity index (χ0n) is 19.8. The minimum atomic E-state index is -0.475. The van der Waals surface area contributed by atoms with Crippen molar-refractivity contribution >= 4 is 11.8 Å². The third-order valence-corrected chi connectivity index (χ3v) is 6.73. The molecule has 4 rings (SSSR count). The fraction of sp³-hybridized carbons (Fsp3) is 0.556. The number of rotatable bonds is 6. The Labute approximate surface area is 191 Å². The van der Waals surface area contributed by atoms with E-state index in [0.717, 1.165) is 61.2 Å². The summed E-state index contributed by atoms with van der Waals surface area (Å²) < 4.78 is 12.0. The smallest absolute Gasteiger partial charge is 0.337 e.